The summed E-state index contributed by atoms with van der Waals surface area (Å²) in [7, 11) is 1.87. The molecule has 3 aromatic heterocycles. The van der Waals surface area contributed by atoms with Crippen LogP contribution in [0.1, 0.15) is 59.4 Å². The number of pyridine rings is 1. The van der Waals surface area contributed by atoms with Crippen molar-refractivity contribution in [3.8, 4) is 11.4 Å². The highest BCUT2D eigenvalue weighted by molar-refractivity contribution is 6.12. The van der Waals surface area contributed by atoms with Crippen molar-refractivity contribution in [1.82, 2.24) is 35.0 Å². The third kappa shape index (κ3) is 3.17. The molecule has 1 aromatic carbocycles. The van der Waals surface area contributed by atoms with E-state index in [1.54, 1.807) is 4.68 Å². The molecule has 0 unspecified atom stereocenters. The van der Waals surface area contributed by atoms with Crippen molar-refractivity contribution in [1.29, 1.82) is 0 Å². The van der Waals surface area contributed by atoms with Crippen molar-refractivity contribution in [3.63, 3.8) is 0 Å². The van der Waals surface area contributed by atoms with Crippen LogP contribution in [0.25, 0.3) is 22.4 Å². The average Bonchev–Trinajstić information content (AvgIpc) is 3.70. The molecule has 1 N–H and O–H groups in total. The molecule has 9 heteroatoms. The normalized spacial score (nSPS) is 16.1. The summed E-state index contributed by atoms with van der Waals surface area (Å²) in [5, 5.41) is 20.5. The van der Waals surface area contributed by atoms with E-state index in [2.05, 4.69) is 25.9 Å². The summed E-state index contributed by atoms with van der Waals surface area (Å²) < 4.78 is 3.62. The molecule has 2 aliphatic carbocycles. The van der Waals surface area contributed by atoms with Gasteiger partial charge in [-0.25, -0.2) is 9.67 Å². The van der Waals surface area contributed by atoms with E-state index >= 15 is 0 Å². The molecule has 0 bridgehead atoms. The summed E-state index contributed by atoms with van der Waals surface area (Å²) in [4.78, 5) is 18.1. The number of fused-ring (bicyclic) bond motifs is 1. The van der Waals surface area contributed by atoms with Gasteiger partial charge in [-0.05, 0) is 61.2 Å². The predicted molar refractivity (Wildman–Crippen MR) is 115 cm³/mol. The molecule has 0 saturated heterocycles. The summed E-state index contributed by atoms with van der Waals surface area (Å²) in [5.74, 6) is 1.00. The van der Waals surface area contributed by atoms with Crippen LogP contribution in [0.4, 0.5) is 5.69 Å². The lowest BCUT2D eigenvalue weighted by atomic mass is 10.1. The maximum atomic E-state index is 13.3. The molecule has 0 radical (unpaired) electrons. The van der Waals surface area contributed by atoms with Gasteiger partial charge >= 0.3 is 0 Å². The number of nitrogens with one attached hydrogen (secondary N) is 1. The van der Waals surface area contributed by atoms with Gasteiger partial charge < -0.3 is 5.32 Å². The molecule has 6 rings (SSSR count). The fraction of sp³-hybridized carbons (Fsp3) is 0.364. The number of amides is 1. The number of tetrazole rings is 1. The Bertz CT molecular complexity index is 1330. The Labute approximate surface area is 178 Å². The number of carbonyl (C=O) groups is 1. The van der Waals surface area contributed by atoms with Crippen LogP contribution in [0.15, 0.2) is 30.3 Å². The van der Waals surface area contributed by atoms with Crippen LogP contribution in [0, 0.1) is 6.92 Å². The van der Waals surface area contributed by atoms with E-state index < -0.39 is 0 Å². The van der Waals surface area contributed by atoms with Gasteiger partial charge in [0.15, 0.2) is 11.5 Å². The largest absolute Gasteiger partial charge is 0.322 e. The minimum absolute atomic E-state index is 0.163. The molecule has 31 heavy (non-hydrogen) atoms. The fourth-order valence-corrected chi connectivity index (χ4v) is 4.11. The highest BCUT2D eigenvalue weighted by atomic mass is 16.1. The van der Waals surface area contributed by atoms with Crippen molar-refractivity contribution < 1.29 is 4.79 Å². The molecule has 2 saturated carbocycles. The van der Waals surface area contributed by atoms with Gasteiger partial charge in [0.25, 0.3) is 5.91 Å². The first-order valence-electron chi connectivity index (χ1n) is 10.6. The Hall–Kier alpha value is -3.62. The Kier molecular flexibility index (Phi) is 3.92. The minimum Gasteiger partial charge on any atom is -0.322 e. The molecule has 3 heterocycles. The lowest BCUT2D eigenvalue weighted by Crippen LogP contribution is -2.14. The highest BCUT2D eigenvalue weighted by Crippen LogP contribution is 2.40. The summed E-state index contributed by atoms with van der Waals surface area (Å²) in [6, 6.07) is 9.97. The first-order valence-corrected chi connectivity index (χ1v) is 10.6. The summed E-state index contributed by atoms with van der Waals surface area (Å²) in [6.45, 7) is 1.91. The summed E-state index contributed by atoms with van der Waals surface area (Å²) in [6.07, 6.45) is 4.43. The number of anilines is 1. The van der Waals surface area contributed by atoms with Crippen molar-refractivity contribution in [3.05, 3.63) is 47.3 Å². The molecule has 9 nitrogen and oxygen atoms in total. The van der Waals surface area contributed by atoms with Crippen molar-refractivity contribution in [2.75, 3.05) is 5.32 Å². The third-order valence-electron chi connectivity index (χ3n) is 5.99. The second-order valence-corrected chi connectivity index (χ2v) is 8.49. The van der Waals surface area contributed by atoms with Gasteiger partial charge in [-0.15, -0.1) is 5.10 Å². The number of aryl methyl sites for hydroxylation is 2. The number of aromatic nitrogens is 7. The minimum atomic E-state index is -0.163. The van der Waals surface area contributed by atoms with Crippen molar-refractivity contribution in [2.24, 2.45) is 7.05 Å². The molecule has 0 aliphatic heterocycles. The zero-order chi connectivity index (χ0) is 21.1. The van der Waals surface area contributed by atoms with Gasteiger partial charge in [-0.1, -0.05) is 12.1 Å². The van der Waals surface area contributed by atoms with E-state index in [1.165, 1.54) is 0 Å². The van der Waals surface area contributed by atoms with Crippen LogP contribution in [0.3, 0.4) is 0 Å². The van der Waals surface area contributed by atoms with Gasteiger partial charge in [0, 0.05) is 29.9 Å². The topological polar surface area (TPSA) is 103 Å². The van der Waals surface area contributed by atoms with Crippen LogP contribution in [-0.2, 0) is 7.05 Å². The fourth-order valence-electron chi connectivity index (χ4n) is 4.11. The van der Waals surface area contributed by atoms with Crippen molar-refractivity contribution >= 4 is 22.6 Å². The average molecular weight is 414 g/mol. The van der Waals surface area contributed by atoms with E-state index in [0.29, 0.717) is 23.2 Å². The Balaban J connectivity index is 1.36. The standard InChI is InChI=1S/C22H22N8O/c1-12-19-17(11-18(13-6-7-13)24-21(19)29(2)26-12)22(31)23-15-5-3-4-14(10-15)20-25-27-28-30(20)16-8-9-16/h3-5,10-11,13,16H,6-9H2,1-2H3,(H,23,31). The maximum Gasteiger partial charge on any atom is 0.256 e. The monoisotopic (exact) mass is 414 g/mol. The Morgan fingerprint density at radius 2 is 2.00 bits per heavy atom. The number of carbonyl (C=O) groups excluding carboxylic acids is 1. The number of benzene rings is 1. The first kappa shape index (κ1) is 18.2. The summed E-state index contributed by atoms with van der Waals surface area (Å²) >= 11 is 0. The zero-order valence-electron chi connectivity index (χ0n) is 17.4. The van der Waals surface area contributed by atoms with Crippen molar-refractivity contribution in [2.45, 2.75) is 44.6 Å². The Morgan fingerprint density at radius 1 is 1.16 bits per heavy atom. The molecule has 2 aliphatic rings. The van der Waals surface area contributed by atoms with Gasteiger partial charge in [0.05, 0.1) is 22.7 Å². The van der Waals surface area contributed by atoms with Crippen LogP contribution in [0.2, 0.25) is 0 Å². The van der Waals surface area contributed by atoms with Crippen LogP contribution < -0.4 is 5.32 Å². The Morgan fingerprint density at radius 3 is 2.77 bits per heavy atom. The van der Waals surface area contributed by atoms with Gasteiger partial charge in [-0.3, -0.25) is 9.48 Å². The number of hydrogen-bond donors (Lipinski definition) is 1. The molecular weight excluding hydrogens is 392 g/mol. The van der Waals surface area contributed by atoms with Gasteiger partial charge in [0.1, 0.15) is 0 Å². The smallest absolute Gasteiger partial charge is 0.256 e. The quantitative estimate of drug-likeness (QED) is 0.537. The van der Waals surface area contributed by atoms with Gasteiger partial charge in [-0.2, -0.15) is 5.10 Å². The molecular formula is C22H22N8O. The molecule has 4 aromatic rings. The van der Waals surface area contributed by atoms with Crippen LogP contribution in [0.5, 0.6) is 0 Å². The molecule has 156 valence electrons. The molecule has 0 atom stereocenters. The summed E-state index contributed by atoms with van der Waals surface area (Å²) in [5.41, 5.74) is 4.72. The molecule has 0 spiro atoms. The van der Waals surface area contributed by atoms with E-state index in [4.69, 9.17) is 4.98 Å². The van der Waals surface area contributed by atoms with Crippen LogP contribution in [-0.4, -0.2) is 40.9 Å². The molecule has 2 fully saturated rings. The van der Waals surface area contributed by atoms with E-state index in [-0.39, 0.29) is 5.91 Å². The zero-order valence-corrected chi connectivity index (χ0v) is 17.4. The van der Waals surface area contributed by atoms with Crippen LogP contribution >= 0.6 is 0 Å². The van der Waals surface area contributed by atoms with E-state index in [1.807, 2.05) is 49.0 Å². The number of nitrogens with zero attached hydrogens (tertiary/aromatic N) is 7. The molecule has 1 amide bonds. The first-order chi connectivity index (χ1) is 15.1. The highest BCUT2D eigenvalue weighted by Gasteiger charge is 2.29. The lowest BCUT2D eigenvalue weighted by Gasteiger charge is -2.10. The second-order valence-electron chi connectivity index (χ2n) is 8.49. The lowest BCUT2D eigenvalue weighted by molar-refractivity contribution is 0.102. The predicted octanol–water partition coefficient (Wildman–Crippen LogP) is 3.39. The van der Waals surface area contributed by atoms with Gasteiger partial charge in [0.2, 0.25) is 0 Å². The van der Waals surface area contributed by atoms with E-state index in [9.17, 15) is 4.79 Å². The number of rotatable bonds is 5. The van der Waals surface area contributed by atoms with E-state index in [0.717, 1.165) is 59.5 Å². The SMILES string of the molecule is Cc1nn(C)c2nc(C3CC3)cc(C(=O)Nc3cccc(-c4nnnn4C4CC4)c3)c12. The second kappa shape index (κ2) is 6.69. The number of hydrogen-bond acceptors (Lipinski definition) is 6. The maximum absolute atomic E-state index is 13.3. The third-order valence-corrected chi connectivity index (χ3v) is 5.99.